The average molecular weight is 431 g/mol. The summed E-state index contributed by atoms with van der Waals surface area (Å²) in [5.41, 5.74) is 1.15. The van der Waals surface area contributed by atoms with Crippen molar-refractivity contribution in [3.63, 3.8) is 0 Å². The first-order valence-electron chi connectivity index (χ1n) is 9.64. The molecule has 158 valence electrons. The maximum Gasteiger partial charge on any atom is 0.270 e. The minimum atomic E-state index is -0.723. The van der Waals surface area contributed by atoms with Gasteiger partial charge in [-0.1, -0.05) is 29.8 Å². The number of benzene rings is 2. The first-order valence-corrected chi connectivity index (χ1v) is 10.0. The second kappa shape index (κ2) is 9.69. The summed E-state index contributed by atoms with van der Waals surface area (Å²) >= 11 is 5.92. The molecule has 8 nitrogen and oxygen atoms in total. The van der Waals surface area contributed by atoms with E-state index < -0.39 is 16.9 Å². The number of nitro benzene ring substituents is 1. The third-order valence-corrected chi connectivity index (χ3v) is 5.29. The molecule has 2 aromatic rings. The molecule has 0 spiro atoms. The van der Waals surface area contributed by atoms with Crippen LogP contribution in [-0.2, 0) is 11.3 Å². The second-order valence-electron chi connectivity index (χ2n) is 7.23. The summed E-state index contributed by atoms with van der Waals surface area (Å²) in [7, 11) is 0. The molecular formula is C21H23ClN4O4. The van der Waals surface area contributed by atoms with Crippen molar-refractivity contribution < 1.29 is 14.5 Å². The Morgan fingerprint density at radius 2 is 1.80 bits per heavy atom. The zero-order valence-corrected chi connectivity index (χ0v) is 17.3. The number of nitro groups is 1. The smallest absolute Gasteiger partial charge is 0.270 e. The molecule has 2 aromatic carbocycles. The maximum atomic E-state index is 12.7. The van der Waals surface area contributed by atoms with E-state index in [-0.39, 0.29) is 17.2 Å². The van der Waals surface area contributed by atoms with E-state index in [2.05, 4.69) is 10.2 Å². The summed E-state index contributed by atoms with van der Waals surface area (Å²) in [5.74, 6) is -0.680. The molecule has 0 bridgehead atoms. The van der Waals surface area contributed by atoms with Gasteiger partial charge in [0.25, 0.3) is 11.6 Å². The fourth-order valence-corrected chi connectivity index (χ4v) is 3.48. The Balaban J connectivity index is 1.50. The van der Waals surface area contributed by atoms with E-state index in [0.29, 0.717) is 18.1 Å². The number of nitrogens with one attached hydrogen (secondary N) is 1. The molecule has 0 aliphatic carbocycles. The van der Waals surface area contributed by atoms with Crippen molar-refractivity contribution in [2.45, 2.75) is 19.5 Å². The van der Waals surface area contributed by atoms with Crippen molar-refractivity contribution in [2.75, 3.05) is 26.2 Å². The SMILES string of the molecule is C[C@H](NC(=O)c1cccc([N+](=O)[O-])c1)C(=O)N1CCN(Cc2ccc(Cl)cc2)CC1. The fourth-order valence-electron chi connectivity index (χ4n) is 3.35. The standard InChI is InChI=1S/C21H23ClN4O4/c1-15(23-20(27)17-3-2-4-19(13-17)26(29)30)21(28)25-11-9-24(10-12-25)14-16-5-7-18(22)8-6-16/h2-8,13,15H,9-12,14H2,1H3,(H,23,27)/t15-/m0/s1. The Bertz CT molecular complexity index is 927. The number of nitrogens with zero attached hydrogens (tertiary/aromatic N) is 3. The van der Waals surface area contributed by atoms with Gasteiger partial charge < -0.3 is 10.2 Å². The maximum absolute atomic E-state index is 12.7. The topological polar surface area (TPSA) is 95.8 Å². The predicted molar refractivity (Wildman–Crippen MR) is 113 cm³/mol. The van der Waals surface area contributed by atoms with Crippen LogP contribution < -0.4 is 5.32 Å². The second-order valence-corrected chi connectivity index (χ2v) is 7.67. The van der Waals surface area contributed by atoms with Crippen molar-refractivity contribution in [1.82, 2.24) is 15.1 Å². The third kappa shape index (κ3) is 5.55. The summed E-state index contributed by atoms with van der Waals surface area (Å²) in [4.78, 5) is 39.4. The quantitative estimate of drug-likeness (QED) is 0.561. The van der Waals surface area contributed by atoms with Crippen molar-refractivity contribution in [2.24, 2.45) is 0 Å². The highest BCUT2D eigenvalue weighted by atomic mass is 35.5. The van der Waals surface area contributed by atoms with E-state index in [1.54, 1.807) is 11.8 Å². The van der Waals surface area contributed by atoms with Gasteiger partial charge in [0.1, 0.15) is 6.04 Å². The van der Waals surface area contributed by atoms with E-state index in [9.17, 15) is 19.7 Å². The van der Waals surface area contributed by atoms with Crippen LogP contribution in [0.4, 0.5) is 5.69 Å². The van der Waals surface area contributed by atoms with Crippen LogP contribution in [0.5, 0.6) is 0 Å². The normalized spacial score (nSPS) is 15.5. The number of non-ortho nitro benzene ring substituents is 1. The number of piperazine rings is 1. The molecule has 0 unspecified atom stereocenters. The lowest BCUT2D eigenvalue weighted by Gasteiger charge is -2.36. The van der Waals surface area contributed by atoms with Crippen LogP contribution in [0, 0.1) is 10.1 Å². The Morgan fingerprint density at radius 3 is 2.43 bits per heavy atom. The van der Waals surface area contributed by atoms with Gasteiger partial charge in [-0.05, 0) is 30.7 Å². The monoisotopic (exact) mass is 430 g/mol. The lowest BCUT2D eigenvalue weighted by atomic mass is 10.1. The van der Waals surface area contributed by atoms with Gasteiger partial charge in [0.05, 0.1) is 4.92 Å². The van der Waals surface area contributed by atoms with Crippen LogP contribution in [-0.4, -0.2) is 58.8 Å². The minimum absolute atomic E-state index is 0.150. The number of amides is 2. The summed E-state index contributed by atoms with van der Waals surface area (Å²) < 4.78 is 0. The average Bonchev–Trinajstić information content (AvgIpc) is 2.75. The first-order chi connectivity index (χ1) is 14.3. The Hall–Kier alpha value is -2.97. The van der Waals surface area contributed by atoms with Gasteiger partial charge in [-0.2, -0.15) is 0 Å². The molecule has 3 rings (SSSR count). The molecule has 0 saturated carbocycles. The highest BCUT2D eigenvalue weighted by Gasteiger charge is 2.26. The van der Waals surface area contributed by atoms with E-state index in [0.717, 1.165) is 25.2 Å². The van der Waals surface area contributed by atoms with E-state index in [1.165, 1.54) is 24.3 Å². The van der Waals surface area contributed by atoms with E-state index in [4.69, 9.17) is 11.6 Å². The molecule has 1 fully saturated rings. The molecule has 0 radical (unpaired) electrons. The summed E-state index contributed by atoms with van der Waals surface area (Å²) in [6, 6.07) is 12.4. The summed E-state index contributed by atoms with van der Waals surface area (Å²) in [6.07, 6.45) is 0. The zero-order chi connectivity index (χ0) is 21.7. The van der Waals surface area contributed by atoms with Crippen molar-refractivity contribution in [1.29, 1.82) is 0 Å². The van der Waals surface area contributed by atoms with Crippen molar-refractivity contribution in [3.8, 4) is 0 Å². The van der Waals surface area contributed by atoms with E-state index >= 15 is 0 Å². The summed E-state index contributed by atoms with van der Waals surface area (Å²) in [6.45, 7) is 5.03. The first kappa shape index (κ1) is 21.7. The third-order valence-electron chi connectivity index (χ3n) is 5.04. The number of rotatable bonds is 6. The molecule has 1 saturated heterocycles. The van der Waals surface area contributed by atoms with Crippen LogP contribution in [0.2, 0.25) is 5.02 Å². The zero-order valence-electron chi connectivity index (χ0n) is 16.6. The molecule has 1 aliphatic rings. The van der Waals surface area contributed by atoms with Crippen LogP contribution >= 0.6 is 11.6 Å². The van der Waals surface area contributed by atoms with Crippen molar-refractivity contribution in [3.05, 3.63) is 74.8 Å². The molecule has 30 heavy (non-hydrogen) atoms. The van der Waals surface area contributed by atoms with Gasteiger partial charge in [-0.3, -0.25) is 24.6 Å². The highest BCUT2D eigenvalue weighted by Crippen LogP contribution is 2.15. The van der Waals surface area contributed by atoms with Gasteiger partial charge in [0.2, 0.25) is 5.91 Å². The lowest BCUT2D eigenvalue weighted by molar-refractivity contribution is -0.384. The van der Waals surface area contributed by atoms with Crippen LogP contribution in [0.15, 0.2) is 48.5 Å². The molecule has 0 aromatic heterocycles. The molecule has 2 amide bonds. The predicted octanol–water partition coefficient (Wildman–Crippen LogP) is 2.71. The number of carbonyl (C=O) groups is 2. The molecule has 1 atom stereocenters. The minimum Gasteiger partial charge on any atom is -0.341 e. The largest absolute Gasteiger partial charge is 0.341 e. The fraction of sp³-hybridized carbons (Fsp3) is 0.333. The number of hydrogen-bond acceptors (Lipinski definition) is 5. The summed E-state index contributed by atoms with van der Waals surface area (Å²) in [5, 5.41) is 14.2. The van der Waals surface area contributed by atoms with E-state index in [1.807, 2.05) is 24.3 Å². The Morgan fingerprint density at radius 1 is 1.13 bits per heavy atom. The van der Waals surface area contributed by atoms with Gasteiger partial charge in [-0.15, -0.1) is 0 Å². The van der Waals surface area contributed by atoms with Gasteiger partial charge >= 0.3 is 0 Å². The van der Waals surface area contributed by atoms with Crippen LogP contribution in [0.25, 0.3) is 0 Å². The number of halogens is 1. The van der Waals surface area contributed by atoms with Gasteiger partial charge in [0, 0.05) is 55.4 Å². The Labute approximate surface area is 179 Å². The number of carbonyl (C=O) groups excluding carboxylic acids is 2. The van der Waals surface area contributed by atoms with Crippen LogP contribution in [0.1, 0.15) is 22.8 Å². The number of hydrogen-bond donors (Lipinski definition) is 1. The molecule has 1 aliphatic heterocycles. The highest BCUT2D eigenvalue weighted by molar-refractivity contribution is 6.30. The van der Waals surface area contributed by atoms with Gasteiger partial charge in [0.15, 0.2) is 0 Å². The molecule has 1 N–H and O–H groups in total. The Kier molecular flexibility index (Phi) is 7.02. The van der Waals surface area contributed by atoms with Crippen molar-refractivity contribution >= 4 is 29.1 Å². The lowest BCUT2D eigenvalue weighted by Crippen LogP contribution is -2.53. The van der Waals surface area contributed by atoms with Gasteiger partial charge in [-0.25, -0.2) is 0 Å². The molecule has 1 heterocycles. The molecule has 9 heteroatoms. The molecular weight excluding hydrogens is 408 g/mol. The van der Waals surface area contributed by atoms with Crippen LogP contribution in [0.3, 0.4) is 0 Å².